The summed E-state index contributed by atoms with van der Waals surface area (Å²) in [7, 11) is 0. The number of nitrogens with zero attached hydrogens (tertiary/aromatic N) is 2. The van der Waals surface area contributed by atoms with Crippen molar-refractivity contribution in [1.82, 2.24) is 4.98 Å². The molecule has 0 spiro atoms. The number of hydrogen-bond donors (Lipinski definition) is 0. The maximum Gasteiger partial charge on any atom is 0.161 e. The standard InChI is InChI=1S/C30H24N2O5/c1-20-24(3-2-4-27(20)22-6-8-28-30(14-22)35-12-11-34-28)18-36-26-7-5-23(17-33)29(15-26)37-19-25-13-21(16-31)9-10-32-25/h2-10,13-15,17H,11-12,18-19H2,1H3. The Hall–Kier alpha value is -4.83. The fourth-order valence-corrected chi connectivity index (χ4v) is 4.13. The van der Waals surface area contributed by atoms with Crippen LogP contribution in [0, 0.1) is 18.3 Å². The van der Waals surface area contributed by atoms with Gasteiger partial charge in [-0.3, -0.25) is 9.78 Å². The molecular formula is C30H24N2O5. The molecule has 5 rings (SSSR count). The van der Waals surface area contributed by atoms with Crippen molar-refractivity contribution in [3.05, 3.63) is 101 Å². The number of hydrogen-bond acceptors (Lipinski definition) is 7. The van der Waals surface area contributed by atoms with Gasteiger partial charge in [-0.1, -0.05) is 24.3 Å². The van der Waals surface area contributed by atoms with Gasteiger partial charge in [-0.15, -0.1) is 0 Å². The molecule has 2 heterocycles. The van der Waals surface area contributed by atoms with E-state index in [1.807, 2.05) is 30.3 Å². The molecule has 1 aliphatic heterocycles. The van der Waals surface area contributed by atoms with Crippen LogP contribution in [-0.4, -0.2) is 24.5 Å². The number of pyridine rings is 1. The average molecular weight is 493 g/mol. The highest BCUT2D eigenvalue weighted by atomic mass is 16.6. The summed E-state index contributed by atoms with van der Waals surface area (Å²) in [6.45, 7) is 3.63. The minimum atomic E-state index is 0.122. The third-order valence-corrected chi connectivity index (χ3v) is 6.13. The molecular weight excluding hydrogens is 468 g/mol. The number of aldehydes is 1. The second-order valence-electron chi connectivity index (χ2n) is 8.49. The number of rotatable bonds is 8. The van der Waals surface area contributed by atoms with E-state index in [9.17, 15) is 4.79 Å². The molecule has 0 bridgehead atoms. The number of carbonyl (C=O) groups excluding carboxylic acids is 1. The summed E-state index contributed by atoms with van der Waals surface area (Å²) in [6, 6.07) is 22.5. The zero-order valence-corrected chi connectivity index (χ0v) is 20.3. The highest BCUT2D eigenvalue weighted by Crippen LogP contribution is 2.36. The van der Waals surface area contributed by atoms with Crippen molar-refractivity contribution in [2.24, 2.45) is 0 Å². The van der Waals surface area contributed by atoms with Gasteiger partial charge < -0.3 is 18.9 Å². The fraction of sp³-hybridized carbons (Fsp3) is 0.167. The lowest BCUT2D eigenvalue weighted by Crippen LogP contribution is -2.15. The Balaban J connectivity index is 1.31. The molecule has 0 radical (unpaired) electrons. The fourth-order valence-electron chi connectivity index (χ4n) is 4.13. The largest absolute Gasteiger partial charge is 0.489 e. The number of carbonyl (C=O) groups is 1. The molecule has 0 saturated carbocycles. The number of aromatic nitrogens is 1. The van der Waals surface area contributed by atoms with Crippen LogP contribution in [-0.2, 0) is 13.2 Å². The summed E-state index contributed by atoms with van der Waals surface area (Å²) in [6.07, 6.45) is 2.29. The molecule has 0 atom stereocenters. The molecule has 0 aliphatic carbocycles. The van der Waals surface area contributed by atoms with Crippen molar-refractivity contribution < 1.29 is 23.7 Å². The Morgan fingerprint density at radius 3 is 2.68 bits per heavy atom. The predicted octanol–water partition coefficient (Wildman–Crippen LogP) is 5.67. The highest BCUT2D eigenvalue weighted by Gasteiger charge is 2.15. The minimum Gasteiger partial charge on any atom is -0.489 e. The van der Waals surface area contributed by atoms with Crippen molar-refractivity contribution >= 4 is 6.29 Å². The normalized spacial score (nSPS) is 11.9. The van der Waals surface area contributed by atoms with Crippen molar-refractivity contribution in [2.45, 2.75) is 20.1 Å². The van der Waals surface area contributed by atoms with E-state index in [-0.39, 0.29) is 6.61 Å². The molecule has 0 unspecified atom stereocenters. The van der Waals surface area contributed by atoms with Gasteiger partial charge in [0.15, 0.2) is 17.8 Å². The predicted molar refractivity (Wildman–Crippen MR) is 137 cm³/mol. The second-order valence-corrected chi connectivity index (χ2v) is 8.49. The van der Waals surface area contributed by atoms with Crippen LogP contribution in [0.2, 0.25) is 0 Å². The van der Waals surface area contributed by atoms with E-state index in [1.54, 1.807) is 36.5 Å². The highest BCUT2D eigenvalue weighted by molar-refractivity contribution is 5.79. The van der Waals surface area contributed by atoms with Gasteiger partial charge in [-0.2, -0.15) is 5.26 Å². The lowest BCUT2D eigenvalue weighted by atomic mass is 9.96. The molecule has 3 aromatic carbocycles. The van der Waals surface area contributed by atoms with Crippen LogP contribution in [0.25, 0.3) is 11.1 Å². The molecule has 7 nitrogen and oxygen atoms in total. The molecule has 0 amide bonds. The first-order valence-electron chi connectivity index (χ1n) is 11.8. The number of nitriles is 1. The van der Waals surface area contributed by atoms with Gasteiger partial charge >= 0.3 is 0 Å². The van der Waals surface area contributed by atoms with Crippen LogP contribution < -0.4 is 18.9 Å². The zero-order chi connectivity index (χ0) is 25.6. The summed E-state index contributed by atoms with van der Waals surface area (Å²) in [5.74, 6) is 2.47. The summed E-state index contributed by atoms with van der Waals surface area (Å²) < 4.78 is 23.3. The summed E-state index contributed by atoms with van der Waals surface area (Å²) >= 11 is 0. The molecule has 1 aromatic heterocycles. The van der Waals surface area contributed by atoms with E-state index in [0.717, 1.165) is 40.0 Å². The van der Waals surface area contributed by atoms with Gasteiger partial charge in [0, 0.05) is 12.3 Å². The first kappa shape index (κ1) is 23.9. The Bertz CT molecular complexity index is 1490. The smallest absolute Gasteiger partial charge is 0.161 e. The van der Waals surface area contributed by atoms with Gasteiger partial charge in [-0.25, -0.2) is 0 Å². The van der Waals surface area contributed by atoms with Crippen LogP contribution in [0.5, 0.6) is 23.0 Å². The minimum absolute atomic E-state index is 0.122. The van der Waals surface area contributed by atoms with Gasteiger partial charge in [0.2, 0.25) is 0 Å². The molecule has 0 N–H and O–H groups in total. The molecule has 0 fully saturated rings. The molecule has 1 aliphatic rings. The summed E-state index contributed by atoms with van der Waals surface area (Å²) in [5, 5.41) is 9.08. The van der Waals surface area contributed by atoms with E-state index >= 15 is 0 Å². The molecule has 37 heavy (non-hydrogen) atoms. The number of benzene rings is 3. The van der Waals surface area contributed by atoms with Crippen molar-refractivity contribution in [1.29, 1.82) is 5.26 Å². The van der Waals surface area contributed by atoms with Crippen molar-refractivity contribution in [3.63, 3.8) is 0 Å². The van der Waals surface area contributed by atoms with Crippen molar-refractivity contribution in [3.8, 4) is 40.2 Å². The van der Waals surface area contributed by atoms with Crippen LogP contribution in [0.4, 0.5) is 0 Å². The number of ether oxygens (including phenoxy) is 4. The summed E-state index contributed by atoms with van der Waals surface area (Å²) in [4.78, 5) is 15.8. The second kappa shape index (κ2) is 10.8. The molecule has 4 aromatic rings. The first-order chi connectivity index (χ1) is 18.1. The molecule has 7 heteroatoms. The SMILES string of the molecule is Cc1c(COc2ccc(C=O)c(OCc3cc(C#N)ccn3)c2)cccc1-c1ccc2c(c1)OCCO2. The Labute approximate surface area is 214 Å². The third kappa shape index (κ3) is 5.39. The van der Waals surface area contributed by atoms with E-state index < -0.39 is 0 Å². The van der Waals surface area contributed by atoms with Crippen molar-refractivity contribution in [2.75, 3.05) is 13.2 Å². The molecule has 0 saturated heterocycles. The maximum absolute atomic E-state index is 11.5. The lowest BCUT2D eigenvalue weighted by Gasteiger charge is -2.20. The van der Waals surface area contributed by atoms with Gasteiger partial charge in [-0.05, 0) is 65.6 Å². The average Bonchev–Trinajstić information content (AvgIpc) is 2.95. The van der Waals surface area contributed by atoms with E-state index in [2.05, 4.69) is 24.0 Å². The topological polar surface area (TPSA) is 90.7 Å². The van der Waals surface area contributed by atoms with Crippen LogP contribution in [0.15, 0.2) is 72.9 Å². The first-order valence-corrected chi connectivity index (χ1v) is 11.8. The third-order valence-electron chi connectivity index (χ3n) is 6.13. The van der Waals surface area contributed by atoms with Crippen LogP contribution in [0.3, 0.4) is 0 Å². The van der Waals surface area contributed by atoms with E-state index in [0.29, 0.717) is 48.1 Å². The Morgan fingerprint density at radius 2 is 1.84 bits per heavy atom. The maximum atomic E-state index is 11.5. The Morgan fingerprint density at radius 1 is 0.973 bits per heavy atom. The molecule has 184 valence electrons. The van der Waals surface area contributed by atoms with E-state index in [4.69, 9.17) is 24.2 Å². The van der Waals surface area contributed by atoms with E-state index in [1.165, 1.54) is 0 Å². The zero-order valence-electron chi connectivity index (χ0n) is 20.3. The van der Waals surface area contributed by atoms with Gasteiger partial charge in [0.25, 0.3) is 0 Å². The quantitative estimate of drug-likeness (QED) is 0.293. The van der Waals surface area contributed by atoms with Gasteiger partial charge in [0.1, 0.15) is 37.9 Å². The Kier molecular flexibility index (Phi) is 7.00. The lowest BCUT2D eigenvalue weighted by molar-refractivity contribution is 0.111. The monoisotopic (exact) mass is 492 g/mol. The van der Waals surface area contributed by atoms with Crippen LogP contribution in [0.1, 0.15) is 32.7 Å². The van der Waals surface area contributed by atoms with Gasteiger partial charge in [0.05, 0.1) is 22.9 Å². The number of fused-ring (bicyclic) bond motifs is 1. The van der Waals surface area contributed by atoms with Crippen LogP contribution >= 0.6 is 0 Å². The summed E-state index contributed by atoms with van der Waals surface area (Å²) in [5.41, 5.74) is 5.76.